The van der Waals surface area contributed by atoms with Crippen molar-refractivity contribution >= 4 is 21.4 Å². The smallest absolute Gasteiger partial charge is 0.244 e. The highest BCUT2D eigenvalue weighted by Gasteiger charge is 2.32. The zero-order chi connectivity index (χ0) is 15.3. The van der Waals surface area contributed by atoms with Crippen LogP contribution in [-0.2, 0) is 21.3 Å². The number of thiophene rings is 1. The third-order valence-electron chi connectivity index (χ3n) is 3.71. The van der Waals surface area contributed by atoms with Gasteiger partial charge in [-0.1, -0.05) is 6.92 Å². The van der Waals surface area contributed by atoms with Gasteiger partial charge in [0.2, 0.25) is 10.0 Å². The average Bonchev–Trinajstić information content (AvgIpc) is 2.97. The zero-order valence-corrected chi connectivity index (χ0v) is 14.3. The lowest BCUT2D eigenvalue weighted by atomic mass is 10.1. The first kappa shape index (κ1) is 16.9. The molecule has 21 heavy (non-hydrogen) atoms. The molecule has 0 radical (unpaired) electrons. The molecule has 5 nitrogen and oxygen atoms in total. The van der Waals surface area contributed by atoms with E-state index in [-0.39, 0.29) is 6.10 Å². The summed E-state index contributed by atoms with van der Waals surface area (Å²) >= 11 is 1.50. The number of hydrogen-bond acceptors (Lipinski definition) is 5. The molecule has 1 aromatic rings. The summed E-state index contributed by atoms with van der Waals surface area (Å²) in [4.78, 5) is 1.34. The number of sulfonamides is 1. The summed E-state index contributed by atoms with van der Waals surface area (Å²) in [6, 6.07) is 1.72. The second-order valence-corrected chi connectivity index (χ2v) is 8.15. The molecule has 0 bridgehead atoms. The third-order valence-corrected chi connectivity index (χ3v) is 6.71. The van der Waals surface area contributed by atoms with Crippen molar-refractivity contribution in [1.29, 1.82) is 0 Å². The first-order chi connectivity index (χ1) is 10.1. The van der Waals surface area contributed by atoms with Crippen LogP contribution in [0, 0.1) is 0 Å². The van der Waals surface area contributed by atoms with Gasteiger partial charge in [0.05, 0.1) is 11.0 Å². The van der Waals surface area contributed by atoms with E-state index in [1.165, 1.54) is 11.3 Å². The molecule has 0 spiro atoms. The molecule has 1 unspecified atom stereocenters. The normalized spacial score (nSPS) is 20.8. The fourth-order valence-corrected chi connectivity index (χ4v) is 5.42. The summed E-state index contributed by atoms with van der Waals surface area (Å²) in [5, 5.41) is 5.13. The monoisotopic (exact) mass is 332 g/mol. The van der Waals surface area contributed by atoms with E-state index in [1.54, 1.807) is 17.5 Å². The maximum absolute atomic E-state index is 12.8. The van der Waals surface area contributed by atoms with Crippen LogP contribution >= 0.6 is 11.3 Å². The van der Waals surface area contributed by atoms with Gasteiger partial charge >= 0.3 is 0 Å². The van der Waals surface area contributed by atoms with E-state index in [0.717, 1.165) is 30.7 Å². The van der Waals surface area contributed by atoms with Crippen LogP contribution in [-0.4, -0.2) is 45.6 Å². The molecule has 1 aliphatic heterocycles. The molecule has 1 saturated heterocycles. The topological polar surface area (TPSA) is 58.6 Å². The summed E-state index contributed by atoms with van der Waals surface area (Å²) in [6.07, 6.45) is 2.83. The van der Waals surface area contributed by atoms with Crippen molar-refractivity contribution in [2.24, 2.45) is 0 Å². The minimum atomic E-state index is -3.41. The van der Waals surface area contributed by atoms with Gasteiger partial charge in [-0.25, -0.2) is 8.42 Å². The Morgan fingerprint density at radius 2 is 2.33 bits per heavy atom. The number of rotatable bonds is 7. The van der Waals surface area contributed by atoms with Crippen LogP contribution < -0.4 is 5.32 Å². The van der Waals surface area contributed by atoms with Gasteiger partial charge in [-0.2, -0.15) is 4.31 Å². The SMILES string of the molecule is CCCNCc1sccc1S(=O)(=O)N1CCCC(OC)C1. The maximum Gasteiger partial charge on any atom is 0.244 e. The minimum absolute atomic E-state index is 0.00817. The molecule has 0 aromatic carbocycles. The second kappa shape index (κ2) is 7.69. The van der Waals surface area contributed by atoms with Gasteiger partial charge < -0.3 is 10.1 Å². The molecule has 2 heterocycles. The molecule has 1 atom stereocenters. The summed E-state index contributed by atoms with van der Waals surface area (Å²) in [5.74, 6) is 0. The van der Waals surface area contributed by atoms with Gasteiger partial charge in [0.15, 0.2) is 0 Å². The van der Waals surface area contributed by atoms with Gasteiger partial charge in [0, 0.05) is 31.6 Å². The van der Waals surface area contributed by atoms with E-state index in [4.69, 9.17) is 4.74 Å². The highest BCUT2D eigenvalue weighted by molar-refractivity contribution is 7.89. The summed E-state index contributed by atoms with van der Waals surface area (Å²) in [6.45, 7) is 4.64. The Labute approximate surface area is 131 Å². The molecule has 2 rings (SSSR count). The predicted octanol–water partition coefficient (Wildman–Crippen LogP) is 2.05. The zero-order valence-electron chi connectivity index (χ0n) is 12.7. The lowest BCUT2D eigenvalue weighted by molar-refractivity contribution is 0.0572. The maximum atomic E-state index is 12.8. The molecular weight excluding hydrogens is 308 g/mol. The van der Waals surface area contributed by atoms with E-state index in [2.05, 4.69) is 12.2 Å². The van der Waals surface area contributed by atoms with Crippen LogP contribution in [0.25, 0.3) is 0 Å². The number of piperidine rings is 1. The number of ether oxygens (including phenoxy) is 1. The minimum Gasteiger partial charge on any atom is -0.380 e. The molecule has 0 aliphatic carbocycles. The van der Waals surface area contributed by atoms with Gasteiger partial charge in [0.1, 0.15) is 0 Å². The fourth-order valence-electron chi connectivity index (χ4n) is 2.52. The highest BCUT2D eigenvalue weighted by atomic mass is 32.2. The van der Waals surface area contributed by atoms with Crippen LogP contribution in [0.2, 0.25) is 0 Å². The molecule has 7 heteroatoms. The second-order valence-electron chi connectivity index (χ2n) is 5.25. The van der Waals surface area contributed by atoms with E-state index in [0.29, 0.717) is 24.5 Å². The van der Waals surface area contributed by atoms with Crippen molar-refractivity contribution in [2.45, 2.75) is 43.7 Å². The molecular formula is C14H24N2O3S2. The third kappa shape index (κ3) is 4.04. The van der Waals surface area contributed by atoms with Crippen LogP contribution in [0.15, 0.2) is 16.3 Å². The first-order valence-corrected chi connectivity index (χ1v) is 9.71. The Kier molecular flexibility index (Phi) is 6.19. The van der Waals surface area contributed by atoms with Crippen molar-refractivity contribution < 1.29 is 13.2 Å². The van der Waals surface area contributed by atoms with Gasteiger partial charge in [-0.15, -0.1) is 11.3 Å². The summed E-state index contributed by atoms with van der Waals surface area (Å²) in [5.41, 5.74) is 0. The first-order valence-electron chi connectivity index (χ1n) is 7.39. The average molecular weight is 332 g/mol. The highest BCUT2D eigenvalue weighted by Crippen LogP contribution is 2.27. The van der Waals surface area contributed by atoms with E-state index >= 15 is 0 Å². The van der Waals surface area contributed by atoms with Crippen molar-refractivity contribution in [3.05, 3.63) is 16.3 Å². The number of nitrogens with zero attached hydrogens (tertiary/aromatic N) is 1. The molecule has 1 aromatic heterocycles. The fraction of sp³-hybridized carbons (Fsp3) is 0.714. The Morgan fingerprint density at radius 3 is 3.05 bits per heavy atom. The molecule has 120 valence electrons. The standard InChI is InChI=1S/C14H24N2O3S2/c1-3-7-15-10-13-14(6-9-20-13)21(17,18)16-8-4-5-12(11-16)19-2/h6,9,12,15H,3-5,7-8,10-11H2,1-2H3. The quantitative estimate of drug-likeness (QED) is 0.777. The number of hydrogen-bond donors (Lipinski definition) is 1. The largest absolute Gasteiger partial charge is 0.380 e. The lowest BCUT2D eigenvalue weighted by Crippen LogP contribution is -2.43. The molecule has 1 N–H and O–H groups in total. The van der Waals surface area contributed by atoms with Crippen molar-refractivity contribution in [3.63, 3.8) is 0 Å². The predicted molar refractivity (Wildman–Crippen MR) is 85.1 cm³/mol. The lowest BCUT2D eigenvalue weighted by Gasteiger charge is -2.31. The van der Waals surface area contributed by atoms with Gasteiger partial charge in [0.25, 0.3) is 0 Å². The van der Waals surface area contributed by atoms with Gasteiger partial charge in [-0.3, -0.25) is 0 Å². The van der Waals surface area contributed by atoms with Crippen LogP contribution in [0.5, 0.6) is 0 Å². The Bertz CT molecular complexity index is 542. The number of nitrogens with one attached hydrogen (secondary N) is 1. The molecule has 0 amide bonds. The van der Waals surface area contributed by atoms with E-state index in [1.807, 2.05) is 5.38 Å². The Balaban J connectivity index is 2.14. The Morgan fingerprint density at radius 1 is 1.52 bits per heavy atom. The van der Waals surface area contributed by atoms with Crippen molar-refractivity contribution in [1.82, 2.24) is 9.62 Å². The van der Waals surface area contributed by atoms with Crippen molar-refractivity contribution in [2.75, 3.05) is 26.7 Å². The van der Waals surface area contributed by atoms with Crippen LogP contribution in [0.1, 0.15) is 31.1 Å². The van der Waals surface area contributed by atoms with E-state index in [9.17, 15) is 8.42 Å². The molecule has 0 saturated carbocycles. The molecule has 1 aliphatic rings. The van der Waals surface area contributed by atoms with Gasteiger partial charge in [-0.05, 0) is 37.3 Å². The van der Waals surface area contributed by atoms with Crippen LogP contribution in [0.3, 0.4) is 0 Å². The van der Waals surface area contributed by atoms with Crippen LogP contribution in [0.4, 0.5) is 0 Å². The summed E-state index contributed by atoms with van der Waals surface area (Å²) < 4.78 is 32.5. The Hall–Kier alpha value is -0.470. The molecule has 1 fully saturated rings. The van der Waals surface area contributed by atoms with Crippen molar-refractivity contribution in [3.8, 4) is 0 Å². The van der Waals surface area contributed by atoms with E-state index < -0.39 is 10.0 Å². The number of methoxy groups -OCH3 is 1. The summed E-state index contributed by atoms with van der Waals surface area (Å²) in [7, 11) is -1.76.